The van der Waals surface area contributed by atoms with Gasteiger partial charge in [0.15, 0.2) is 11.5 Å². The minimum atomic E-state index is -2.54. The second kappa shape index (κ2) is 4.88. The minimum Gasteiger partial charge on any atom is -0.411 e. The molecular formula is C13H10N4O6. The number of carbonyl (C=O) groups is 3. The molecule has 0 spiro atoms. The first-order valence-corrected chi connectivity index (χ1v) is 6.38. The molecule has 1 aliphatic heterocycles. The number of amides is 4. The summed E-state index contributed by atoms with van der Waals surface area (Å²) in [6, 6.07) is 5.00. The average molecular weight is 318 g/mol. The first-order valence-electron chi connectivity index (χ1n) is 6.38. The van der Waals surface area contributed by atoms with E-state index in [1.807, 2.05) is 10.6 Å². The van der Waals surface area contributed by atoms with Crippen molar-refractivity contribution < 1.29 is 29.9 Å². The topological polar surface area (TPSA) is 161 Å². The lowest BCUT2D eigenvalue weighted by molar-refractivity contribution is -0.140. The Morgan fingerprint density at radius 2 is 1.35 bits per heavy atom. The van der Waals surface area contributed by atoms with Crippen LogP contribution in [0.5, 0.6) is 0 Å². The molecule has 1 aliphatic carbocycles. The van der Waals surface area contributed by atoms with Gasteiger partial charge in [0, 0.05) is 11.1 Å². The van der Waals surface area contributed by atoms with E-state index in [1.54, 1.807) is 12.1 Å². The Kier molecular flexibility index (Phi) is 3.11. The standard InChI is InChI=1S/C13H10N4O6/c18-10-7(11(19)15-12(20)14-10)13(21)8(16-22)5-3-1-2-4-6(5)9(13)17-23/h1-4,7,21-23H,(H2,14,15,18,19,20). The highest BCUT2D eigenvalue weighted by Gasteiger charge is 2.61. The fourth-order valence-corrected chi connectivity index (χ4v) is 2.85. The third kappa shape index (κ3) is 1.82. The van der Waals surface area contributed by atoms with Crippen LogP contribution < -0.4 is 10.6 Å². The van der Waals surface area contributed by atoms with Crippen LogP contribution in [0.4, 0.5) is 4.79 Å². The molecule has 10 nitrogen and oxygen atoms in total. The highest BCUT2D eigenvalue weighted by molar-refractivity contribution is 6.39. The summed E-state index contributed by atoms with van der Waals surface area (Å²) in [6.45, 7) is 0. The Labute approximate surface area is 128 Å². The van der Waals surface area contributed by atoms with Crippen LogP contribution in [0.15, 0.2) is 34.6 Å². The molecule has 0 aromatic heterocycles. The molecule has 0 saturated carbocycles. The normalized spacial score (nSPS) is 28.0. The van der Waals surface area contributed by atoms with Gasteiger partial charge in [-0.05, 0) is 0 Å². The highest BCUT2D eigenvalue weighted by Crippen LogP contribution is 2.37. The van der Waals surface area contributed by atoms with Crippen molar-refractivity contribution in [1.29, 1.82) is 0 Å². The monoisotopic (exact) mass is 318 g/mol. The summed E-state index contributed by atoms with van der Waals surface area (Å²) in [6.07, 6.45) is 0. The maximum atomic E-state index is 12.1. The third-order valence-electron chi connectivity index (χ3n) is 3.77. The predicted octanol–water partition coefficient (Wildman–Crippen LogP) is -1.23. The fourth-order valence-electron chi connectivity index (χ4n) is 2.85. The van der Waals surface area contributed by atoms with Gasteiger partial charge >= 0.3 is 6.03 Å². The molecule has 4 amide bonds. The van der Waals surface area contributed by atoms with E-state index in [1.165, 1.54) is 12.1 Å². The van der Waals surface area contributed by atoms with Gasteiger partial charge in [-0.3, -0.25) is 20.2 Å². The second-order valence-electron chi connectivity index (χ2n) is 4.95. The average Bonchev–Trinajstić information content (AvgIpc) is 2.73. The van der Waals surface area contributed by atoms with Gasteiger partial charge in [0.1, 0.15) is 11.4 Å². The fraction of sp³-hybridized carbons (Fsp3) is 0.154. The summed E-state index contributed by atoms with van der Waals surface area (Å²) in [4.78, 5) is 35.3. The summed E-state index contributed by atoms with van der Waals surface area (Å²) < 4.78 is 0. The Bertz CT molecular complexity index is 740. The van der Waals surface area contributed by atoms with Gasteiger partial charge in [-0.25, -0.2) is 4.79 Å². The number of hydrogen-bond donors (Lipinski definition) is 5. The van der Waals surface area contributed by atoms with Crippen molar-refractivity contribution in [1.82, 2.24) is 10.6 Å². The predicted molar refractivity (Wildman–Crippen MR) is 73.2 cm³/mol. The van der Waals surface area contributed by atoms with E-state index in [0.717, 1.165) is 0 Å². The van der Waals surface area contributed by atoms with Gasteiger partial charge in [-0.15, -0.1) is 0 Å². The second-order valence-corrected chi connectivity index (χ2v) is 4.95. The number of nitrogens with one attached hydrogen (secondary N) is 2. The first-order chi connectivity index (χ1) is 10.9. The van der Waals surface area contributed by atoms with Crippen molar-refractivity contribution in [3.05, 3.63) is 35.4 Å². The van der Waals surface area contributed by atoms with Crippen LogP contribution in [-0.2, 0) is 9.59 Å². The van der Waals surface area contributed by atoms with Crippen LogP contribution in [0.2, 0.25) is 0 Å². The number of fused-ring (bicyclic) bond motifs is 1. The van der Waals surface area contributed by atoms with E-state index >= 15 is 0 Å². The lowest BCUT2D eigenvalue weighted by Gasteiger charge is -2.32. The molecule has 118 valence electrons. The molecule has 0 radical (unpaired) electrons. The van der Waals surface area contributed by atoms with Gasteiger partial charge in [0.05, 0.1) is 0 Å². The highest BCUT2D eigenvalue weighted by atomic mass is 16.4. The zero-order valence-corrected chi connectivity index (χ0v) is 11.3. The molecule has 0 unspecified atom stereocenters. The number of carbonyl (C=O) groups excluding carboxylic acids is 3. The molecule has 23 heavy (non-hydrogen) atoms. The Morgan fingerprint density at radius 1 is 0.913 bits per heavy atom. The maximum Gasteiger partial charge on any atom is 0.328 e. The molecule has 1 aromatic carbocycles. The van der Waals surface area contributed by atoms with Crippen molar-refractivity contribution in [2.75, 3.05) is 0 Å². The molecule has 1 saturated heterocycles. The molecule has 10 heteroatoms. The quantitative estimate of drug-likeness (QED) is 0.247. The molecule has 3 rings (SSSR count). The number of hydrogen-bond acceptors (Lipinski definition) is 8. The number of imide groups is 2. The zero-order valence-electron chi connectivity index (χ0n) is 11.3. The summed E-state index contributed by atoms with van der Waals surface area (Å²) in [7, 11) is 0. The van der Waals surface area contributed by atoms with Crippen molar-refractivity contribution in [3.63, 3.8) is 0 Å². The van der Waals surface area contributed by atoms with E-state index in [0.29, 0.717) is 0 Å². The number of urea groups is 1. The van der Waals surface area contributed by atoms with Crippen molar-refractivity contribution in [2.24, 2.45) is 16.2 Å². The van der Waals surface area contributed by atoms with Crippen LogP contribution in [0.25, 0.3) is 0 Å². The number of oxime groups is 2. The maximum absolute atomic E-state index is 12.1. The largest absolute Gasteiger partial charge is 0.411 e. The molecule has 0 bridgehead atoms. The first kappa shape index (κ1) is 14.7. The summed E-state index contributed by atoms with van der Waals surface area (Å²) in [5, 5.41) is 39.1. The summed E-state index contributed by atoms with van der Waals surface area (Å²) >= 11 is 0. The van der Waals surface area contributed by atoms with Crippen LogP contribution in [0, 0.1) is 5.92 Å². The molecular weight excluding hydrogens is 308 g/mol. The minimum absolute atomic E-state index is 0.183. The number of barbiturate groups is 1. The van der Waals surface area contributed by atoms with Crippen molar-refractivity contribution in [2.45, 2.75) is 5.60 Å². The number of aliphatic hydroxyl groups is 1. The summed E-state index contributed by atoms with van der Waals surface area (Å²) in [5.74, 6) is -4.11. The Balaban J connectivity index is 2.23. The van der Waals surface area contributed by atoms with Gasteiger partial charge < -0.3 is 15.5 Å². The van der Waals surface area contributed by atoms with Crippen molar-refractivity contribution >= 4 is 29.3 Å². The van der Waals surface area contributed by atoms with Crippen LogP contribution in [0.1, 0.15) is 11.1 Å². The molecule has 1 fully saturated rings. The van der Waals surface area contributed by atoms with E-state index in [9.17, 15) is 29.9 Å². The molecule has 5 N–H and O–H groups in total. The zero-order chi connectivity index (χ0) is 16.8. The molecule has 1 heterocycles. The molecule has 2 aliphatic rings. The van der Waals surface area contributed by atoms with E-state index in [2.05, 4.69) is 10.3 Å². The molecule has 1 aromatic rings. The van der Waals surface area contributed by atoms with Crippen LogP contribution in [-0.4, -0.2) is 50.4 Å². The van der Waals surface area contributed by atoms with E-state index < -0.39 is 40.8 Å². The number of benzene rings is 1. The molecule has 0 atom stereocenters. The Morgan fingerprint density at radius 3 is 1.74 bits per heavy atom. The van der Waals surface area contributed by atoms with E-state index in [-0.39, 0.29) is 11.1 Å². The smallest absolute Gasteiger partial charge is 0.328 e. The van der Waals surface area contributed by atoms with Crippen LogP contribution >= 0.6 is 0 Å². The van der Waals surface area contributed by atoms with Gasteiger partial charge in [-0.1, -0.05) is 34.6 Å². The third-order valence-corrected chi connectivity index (χ3v) is 3.77. The lowest BCUT2D eigenvalue weighted by atomic mass is 9.80. The van der Waals surface area contributed by atoms with Gasteiger partial charge in [0.2, 0.25) is 11.8 Å². The van der Waals surface area contributed by atoms with E-state index in [4.69, 9.17) is 0 Å². The number of nitrogens with zero attached hydrogens (tertiary/aromatic N) is 2. The summed E-state index contributed by atoms with van der Waals surface area (Å²) in [5.41, 5.74) is -3.05. The Hall–Kier alpha value is -3.27. The number of rotatable bonds is 1. The lowest BCUT2D eigenvalue weighted by Crippen LogP contribution is -2.66. The van der Waals surface area contributed by atoms with Gasteiger partial charge in [-0.2, -0.15) is 0 Å². The van der Waals surface area contributed by atoms with Gasteiger partial charge in [0.25, 0.3) is 0 Å². The van der Waals surface area contributed by atoms with Crippen LogP contribution in [0.3, 0.4) is 0 Å². The SMILES string of the molecule is O=C1NC(=O)C(C2(O)C(=NO)c3ccccc3C2=NO)C(=O)N1. The van der Waals surface area contributed by atoms with Crippen molar-refractivity contribution in [3.8, 4) is 0 Å².